The molecule has 0 aliphatic rings. The Labute approximate surface area is 127 Å². The molecule has 2 rings (SSSR count). The third-order valence-corrected chi connectivity index (χ3v) is 4.32. The second-order valence-corrected chi connectivity index (χ2v) is 7.59. The van der Waals surface area contributed by atoms with Gasteiger partial charge >= 0.3 is 0 Å². The van der Waals surface area contributed by atoms with Crippen LogP contribution in [0.1, 0.15) is 27.2 Å². The molecule has 0 aliphatic heterocycles. The number of hydrogen-bond donors (Lipinski definition) is 1. The van der Waals surface area contributed by atoms with E-state index in [1.807, 2.05) is 11.8 Å². The lowest BCUT2D eigenvalue weighted by molar-refractivity contribution is 0.369. The van der Waals surface area contributed by atoms with Gasteiger partial charge in [0.1, 0.15) is 0 Å². The summed E-state index contributed by atoms with van der Waals surface area (Å²) in [7, 11) is 0. The van der Waals surface area contributed by atoms with Gasteiger partial charge in [0.05, 0.1) is 0 Å². The van der Waals surface area contributed by atoms with Crippen LogP contribution in [0.3, 0.4) is 0 Å². The highest BCUT2D eigenvalue weighted by molar-refractivity contribution is 7.99. The summed E-state index contributed by atoms with van der Waals surface area (Å²) < 4.78 is 0. The zero-order chi connectivity index (χ0) is 14.4. The second-order valence-electron chi connectivity index (χ2n) is 6.42. The van der Waals surface area contributed by atoms with Crippen molar-refractivity contribution in [2.45, 2.75) is 32.1 Å². The molecule has 2 heteroatoms. The van der Waals surface area contributed by atoms with Gasteiger partial charge in [0.15, 0.2) is 0 Å². The van der Waals surface area contributed by atoms with Crippen LogP contribution >= 0.6 is 11.8 Å². The minimum Gasteiger partial charge on any atom is -0.316 e. The van der Waals surface area contributed by atoms with Gasteiger partial charge in [-0.15, -0.1) is 11.8 Å². The number of fused-ring (bicyclic) bond motifs is 1. The Bertz CT molecular complexity index is 542. The second kappa shape index (κ2) is 7.14. The lowest BCUT2D eigenvalue weighted by Crippen LogP contribution is -2.22. The molecule has 0 fully saturated rings. The summed E-state index contributed by atoms with van der Waals surface area (Å²) in [6, 6.07) is 15.3. The highest BCUT2D eigenvalue weighted by atomic mass is 32.2. The molecule has 0 radical (unpaired) electrons. The van der Waals surface area contributed by atoms with E-state index in [9.17, 15) is 0 Å². The summed E-state index contributed by atoms with van der Waals surface area (Å²) in [5, 5.41) is 6.18. The van der Waals surface area contributed by atoms with Crippen molar-refractivity contribution in [2.24, 2.45) is 5.41 Å². The van der Waals surface area contributed by atoms with Crippen molar-refractivity contribution in [1.29, 1.82) is 0 Å². The maximum atomic E-state index is 3.53. The van der Waals surface area contributed by atoms with Crippen LogP contribution < -0.4 is 5.32 Å². The van der Waals surface area contributed by atoms with Crippen LogP contribution in [-0.4, -0.2) is 18.8 Å². The van der Waals surface area contributed by atoms with Gasteiger partial charge in [0, 0.05) is 17.2 Å². The smallest absolute Gasteiger partial charge is 0.0106 e. The molecular weight excluding hydrogens is 262 g/mol. The summed E-state index contributed by atoms with van der Waals surface area (Å²) in [4.78, 5) is 1.36. The van der Waals surface area contributed by atoms with E-state index < -0.39 is 0 Å². The molecule has 2 aromatic rings. The summed E-state index contributed by atoms with van der Waals surface area (Å²) in [5.41, 5.74) is 0.429. The molecule has 0 atom stereocenters. The highest BCUT2D eigenvalue weighted by Gasteiger charge is 2.08. The Morgan fingerprint density at radius 3 is 2.45 bits per heavy atom. The maximum absolute atomic E-state index is 3.53. The number of thioether (sulfide) groups is 1. The standard InChI is InChI=1S/C18H25NS/c1-18(2,3)10-11-19-12-13-20-17-9-8-15-6-4-5-7-16(15)14-17/h4-9,14,19H,10-13H2,1-3H3. The molecule has 1 nitrogen and oxygen atoms in total. The van der Waals surface area contributed by atoms with Crippen molar-refractivity contribution in [3.05, 3.63) is 42.5 Å². The van der Waals surface area contributed by atoms with Crippen molar-refractivity contribution in [3.63, 3.8) is 0 Å². The van der Waals surface area contributed by atoms with Crippen LogP contribution in [-0.2, 0) is 0 Å². The quantitative estimate of drug-likeness (QED) is 0.595. The van der Waals surface area contributed by atoms with Crippen LogP contribution in [0.25, 0.3) is 10.8 Å². The molecule has 0 heterocycles. The van der Waals surface area contributed by atoms with E-state index in [1.165, 1.54) is 22.1 Å². The molecule has 0 amide bonds. The predicted octanol–water partition coefficient (Wildman–Crippen LogP) is 4.96. The van der Waals surface area contributed by atoms with Gasteiger partial charge in [0.2, 0.25) is 0 Å². The summed E-state index contributed by atoms with van der Waals surface area (Å²) in [6.45, 7) is 9.06. The first-order valence-electron chi connectivity index (χ1n) is 7.37. The number of benzene rings is 2. The molecule has 0 bridgehead atoms. The molecule has 0 aliphatic carbocycles. The Balaban J connectivity index is 1.73. The van der Waals surface area contributed by atoms with Crippen LogP contribution in [0.4, 0.5) is 0 Å². The number of rotatable bonds is 6. The lowest BCUT2D eigenvalue weighted by atomic mass is 9.92. The van der Waals surface area contributed by atoms with Crippen LogP contribution in [0.2, 0.25) is 0 Å². The summed E-state index contributed by atoms with van der Waals surface area (Å²) >= 11 is 1.93. The number of nitrogens with one attached hydrogen (secondary N) is 1. The molecule has 1 N–H and O–H groups in total. The third-order valence-electron chi connectivity index (χ3n) is 3.32. The minimum atomic E-state index is 0.429. The van der Waals surface area contributed by atoms with E-state index >= 15 is 0 Å². The Hall–Kier alpha value is -0.990. The van der Waals surface area contributed by atoms with Crippen molar-refractivity contribution in [3.8, 4) is 0 Å². The molecule has 20 heavy (non-hydrogen) atoms. The van der Waals surface area contributed by atoms with Gasteiger partial charge in [-0.3, -0.25) is 0 Å². The van der Waals surface area contributed by atoms with Gasteiger partial charge in [0.25, 0.3) is 0 Å². The third kappa shape index (κ3) is 5.18. The fraction of sp³-hybridized carbons (Fsp3) is 0.444. The van der Waals surface area contributed by atoms with Crippen molar-refractivity contribution >= 4 is 22.5 Å². The fourth-order valence-electron chi connectivity index (χ4n) is 2.09. The Kier molecular flexibility index (Phi) is 5.50. The van der Waals surface area contributed by atoms with Gasteiger partial charge in [-0.25, -0.2) is 0 Å². The largest absolute Gasteiger partial charge is 0.316 e. The van der Waals surface area contributed by atoms with E-state index in [0.29, 0.717) is 5.41 Å². The molecule has 0 aromatic heterocycles. The number of hydrogen-bond acceptors (Lipinski definition) is 2. The highest BCUT2D eigenvalue weighted by Crippen LogP contribution is 2.23. The molecule has 0 unspecified atom stereocenters. The first-order chi connectivity index (χ1) is 9.54. The minimum absolute atomic E-state index is 0.429. The molecule has 0 spiro atoms. The first kappa shape index (κ1) is 15.4. The molecule has 0 saturated heterocycles. The molecule has 2 aromatic carbocycles. The van der Waals surface area contributed by atoms with E-state index in [-0.39, 0.29) is 0 Å². The zero-order valence-electron chi connectivity index (χ0n) is 12.8. The monoisotopic (exact) mass is 287 g/mol. The molecular formula is C18H25NS. The average Bonchev–Trinajstić information content (AvgIpc) is 2.41. The van der Waals surface area contributed by atoms with E-state index in [0.717, 1.165) is 18.8 Å². The fourth-order valence-corrected chi connectivity index (χ4v) is 2.94. The summed E-state index contributed by atoms with van der Waals surface area (Å²) in [6.07, 6.45) is 1.23. The SMILES string of the molecule is CC(C)(C)CCNCCSc1ccc2ccccc2c1. The van der Waals surface area contributed by atoms with E-state index in [1.54, 1.807) is 0 Å². The van der Waals surface area contributed by atoms with Crippen LogP contribution in [0.5, 0.6) is 0 Å². The van der Waals surface area contributed by atoms with Gasteiger partial charge in [-0.1, -0.05) is 51.1 Å². The van der Waals surface area contributed by atoms with Gasteiger partial charge in [-0.05, 0) is 41.3 Å². The summed E-state index contributed by atoms with van der Waals surface area (Å²) in [5.74, 6) is 1.13. The van der Waals surface area contributed by atoms with Crippen molar-refractivity contribution < 1.29 is 0 Å². The van der Waals surface area contributed by atoms with Gasteiger partial charge in [-0.2, -0.15) is 0 Å². The average molecular weight is 287 g/mol. The Morgan fingerprint density at radius 2 is 1.70 bits per heavy atom. The maximum Gasteiger partial charge on any atom is 0.0106 e. The van der Waals surface area contributed by atoms with Crippen molar-refractivity contribution in [1.82, 2.24) is 5.32 Å². The molecule has 0 saturated carbocycles. The normalized spacial score (nSPS) is 11.9. The van der Waals surface area contributed by atoms with E-state index in [4.69, 9.17) is 0 Å². The lowest BCUT2D eigenvalue weighted by Gasteiger charge is -2.17. The predicted molar refractivity (Wildman–Crippen MR) is 91.6 cm³/mol. The first-order valence-corrected chi connectivity index (χ1v) is 8.35. The van der Waals surface area contributed by atoms with Crippen LogP contribution in [0, 0.1) is 5.41 Å². The van der Waals surface area contributed by atoms with E-state index in [2.05, 4.69) is 68.6 Å². The van der Waals surface area contributed by atoms with Gasteiger partial charge < -0.3 is 5.32 Å². The topological polar surface area (TPSA) is 12.0 Å². The molecule has 108 valence electrons. The Morgan fingerprint density at radius 1 is 0.950 bits per heavy atom. The van der Waals surface area contributed by atoms with Crippen LogP contribution in [0.15, 0.2) is 47.4 Å². The van der Waals surface area contributed by atoms with Crippen molar-refractivity contribution in [2.75, 3.05) is 18.8 Å². The zero-order valence-corrected chi connectivity index (χ0v) is 13.6.